The van der Waals surface area contributed by atoms with E-state index in [9.17, 15) is 35.5 Å². The number of alkyl halides is 6. The van der Waals surface area contributed by atoms with Crippen LogP contribution >= 0.6 is 0 Å². The fourth-order valence-corrected chi connectivity index (χ4v) is 5.08. The lowest BCUT2D eigenvalue weighted by atomic mass is 9.81. The van der Waals surface area contributed by atoms with Gasteiger partial charge in [-0.1, -0.05) is 6.07 Å². The summed E-state index contributed by atoms with van der Waals surface area (Å²) in [4.78, 5) is 19.4. The molecule has 5 nitrogen and oxygen atoms in total. The summed E-state index contributed by atoms with van der Waals surface area (Å²) in [6.07, 6.45) is -6.67. The average molecular weight is 597 g/mol. The number of pyridine rings is 1. The lowest BCUT2D eigenvalue weighted by Crippen LogP contribution is -2.42. The summed E-state index contributed by atoms with van der Waals surface area (Å²) < 4.78 is 95.2. The van der Waals surface area contributed by atoms with Crippen LogP contribution in [0.2, 0.25) is 0 Å². The van der Waals surface area contributed by atoms with Gasteiger partial charge in [0.15, 0.2) is 0 Å². The first-order chi connectivity index (χ1) is 19.5. The number of hydrogen-bond donors (Lipinski definition) is 2. The number of benzene rings is 2. The quantitative estimate of drug-likeness (QED) is 0.281. The highest BCUT2D eigenvalue weighted by Crippen LogP contribution is 2.41. The predicted molar refractivity (Wildman–Crippen MR) is 147 cm³/mol. The molecule has 0 aliphatic carbocycles. The third kappa shape index (κ3) is 6.69. The number of likely N-dealkylation sites (N-methyl/N-ethyl adjacent to an activating group) is 1. The maximum absolute atomic E-state index is 13.9. The van der Waals surface area contributed by atoms with Gasteiger partial charge in [0.25, 0.3) is 0 Å². The molecule has 2 N–H and O–H groups in total. The van der Waals surface area contributed by atoms with Gasteiger partial charge >= 0.3 is 12.4 Å². The molecule has 0 unspecified atom stereocenters. The Morgan fingerprint density at radius 1 is 0.976 bits per heavy atom. The second kappa shape index (κ2) is 11.5. The SMILES string of the molecule is Cc1cc(F)ccc1-c1cc(NC[C@@H]2CCCN2)ncc1N(C)C(=O)C(C)(C)c1cc(C(F)(F)F)cc(C(F)(F)F)c1. The number of aryl methyl sites for hydroxylation is 1. The average Bonchev–Trinajstić information content (AvgIpc) is 3.43. The van der Waals surface area contributed by atoms with Crippen molar-refractivity contribution in [2.24, 2.45) is 0 Å². The molecule has 2 heterocycles. The highest BCUT2D eigenvalue weighted by Gasteiger charge is 2.41. The lowest BCUT2D eigenvalue weighted by molar-refractivity contribution is -0.143. The van der Waals surface area contributed by atoms with E-state index in [1.807, 2.05) is 0 Å². The normalized spacial score (nSPS) is 16.0. The largest absolute Gasteiger partial charge is 0.416 e. The summed E-state index contributed by atoms with van der Waals surface area (Å²) in [6, 6.07) is 7.21. The summed E-state index contributed by atoms with van der Waals surface area (Å²) in [5, 5.41) is 6.62. The summed E-state index contributed by atoms with van der Waals surface area (Å²) >= 11 is 0. The zero-order valence-corrected chi connectivity index (χ0v) is 23.5. The minimum absolute atomic E-state index is 0.0277. The van der Waals surface area contributed by atoms with Gasteiger partial charge < -0.3 is 15.5 Å². The van der Waals surface area contributed by atoms with Crippen molar-refractivity contribution in [2.45, 2.75) is 57.4 Å². The van der Waals surface area contributed by atoms with Crippen LogP contribution in [0, 0.1) is 12.7 Å². The Balaban J connectivity index is 1.76. The molecular weight excluding hydrogens is 565 g/mol. The van der Waals surface area contributed by atoms with Gasteiger partial charge in [-0.15, -0.1) is 0 Å². The van der Waals surface area contributed by atoms with Gasteiger partial charge in [0.2, 0.25) is 5.91 Å². The van der Waals surface area contributed by atoms with Crippen molar-refractivity contribution in [3.8, 4) is 11.1 Å². The first-order valence-corrected chi connectivity index (χ1v) is 13.3. The van der Waals surface area contributed by atoms with Crippen molar-refractivity contribution < 1.29 is 35.5 Å². The van der Waals surface area contributed by atoms with E-state index >= 15 is 0 Å². The van der Waals surface area contributed by atoms with Crippen LogP contribution in [0.3, 0.4) is 0 Å². The number of amides is 1. The van der Waals surface area contributed by atoms with Gasteiger partial charge in [-0.05, 0) is 93.2 Å². The van der Waals surface area contributed by atoms with Gasteiger partial charge in [0.1, 0.15) is 11.6 Å². The summed E-state index contributed by atoms with van der Waals surface area (Å²) in [6.45, 7) is 5.72. The number of nitrogens with zero attached hydrogens (tertiary/aromatic N) is 2. The molecule has 1 aromatic heterocycles. The first-order valence-electron chi connectivity index (χ1n) is 13.3. The van der Waals surface area contributed by atoms with Crippen LogP contribution < -0.4 is 15.5 Å². The summed E-state index contributed by atoms with van der Waals surface area (Å²) in [7, 11) is 1.37. The van der Waals surface area contributed by atoms with E-state index < -0.39 is 46.2 Å². The molecule has 3 aromatic rings. The Hall–Kier alpha value is -3.67. The molecule has 1 fully saturated rings. The van der Waals surface area contributed by atoms with Crippen molar-refractivity contribution in [2.75, 3.05) is 30.4 Å². The topological polar surface area (TPSA) is 57.3 Å². The molecule has 1 amide bonds. The Kier molecular flexibility index (Phi) is 8.59. The predicted octanol–water partition coefficient (Wildman–Crippen LogP) is 7.34. The zero-order valence-electron chi connectivity index (χ0n) is 23.5. The van der Waals surface area contributed by atoms with Crippen LogP contribution in [0.4, 0.5) is 42.2 Å². The number of carbonyl (C=O) groups excluding carboxylic acids is 1. The molecule has 226 valence electrons. The van der Waals surface area contributed by atoms with Crippen LogP contribution in [0.1, 0.15) is 48.9 Å². The van der Waals surface area contributed by atoms with Gasteiger partial charge in [-0.2, -0.15) is 26.3 Å². The third-order valence-electron chi connectivity index (χ3n) is 7.56. The minimum atomic E-state index is -5.06. The zero-order chi connectivity index (χ0) is 31.0. The molecule has 1 saturated heterocycles. The highest BCUT2D eigenvalue weighted by atomic mass is 19.4. The van der Waals surface area contributed by atoms with E-state index in [-0.39, 0.29) is 17.8 Å². The van der Waals surface area contributed by atoms with Gasteiger partial charge in [-0.3, -0.25) is 4.79 Å². The van der Waals surface area contributed by atoms with Crippen molar-refractivity contribution >= 4 is 17.4 Å². The van der Waals surface area contributed by atoms with E-state index in [4.69, 9.17) is 0 Å². The molecule has 1 atom stereocenters. The number of nitrogens with one attached hydrogen (secondary N) is 2. The number of carbonyl (C=O) groups is 1. The van der Waals surface area contributed by atoms with Gasteiger partial charge in [0.05, 0.1) is 28.4 Å². The van der Waals surface area contributed by atoms with Crippen molar-refractivity contribution in [3.63, 3.8) is 0 Å². The molecule has 0 bridgehead atoms. The van der Waals surface area contributed by atoms with Crippen LogP contribution in [0.15, 0.2) is 48.7 Å². The maximum atomic E-state index is 13.9. The van der Waals surface area contributed by atoms with Crippen molar-refractivity contribution in [3.05, 3.63) is 76.7 Å². The van der Waals surface area contributed by atoms with Crippen molar-refractivity contribution in [1.82, 2.24) is 10.3 Å². The molecule has 0 spiro atoms. The molecular formula is C30H31F7N4O. The smallest absolute Gasteiger partial charge is 0.368 e. The monoisotopic (exact) mass is 596 g/mol. The number of halogens is 7. The Morgan fingerprint density at radius 3 is 2.14 bits per heavy atom. The van der Waals surface area contributed by atoms with Crippen LogP contribution in [-0.4, -0.2) is 37.1 Å². The van der Waals surface area contributed by atoms with E-state index in [1.165, 1.54) is 45.3 Å². The lowest BCUT2D eigenvalue weighted by Gasteiger charge is -2.32. The standard InChI is InChI=1S/C30H31F7N4O/c1-17-10-21(31)7-8-23(17)24-14-26(39-15-22-6-5-9-38-22)40-16-25(24)41(4)27(42)28(2,3)18-11-19(29(32,33)34)13-20(12-18)30(35,36)37/h7-8,10-14,16,22,38H,5-6,9,15H2,1-4H3,(H,39,40)/t22-/m0/s1. The van der Waals surface area contributed by atoms with E-state index in [2.05, 4.69) is 15.6 Å². The second-order valence-corrected chi connectivity index (χ2v) is 11.0. The maximum Gasteiger partial charge on any atom is 0.416 e. The number of anilines is 2. The fourth-order valence-electron chi connectivity index (χ4n) is 5.08. The molecule has 42 heavy (non-hydrogen) atoms. The minimum Gasteiger partial charge on any atom is -0.368 e. The first kappa shape index (κ1) is 31.3. The van der Waals surface area contributed by atoms with Gasteiger partial charge in [-0.25, -0.2) is 9.37 Å². The Bertz CT molecular complexity index is 1430. The second-order valence-electron chi connectivity index (χ2n) is 11.0. The molecule has 1 aliphatic heterocycles. The molecule has 0 saturated carbocycles. The number of rotatable bonds is 7. The van der Waals surface area contributed by atoms with Crippen molar-refractivity contribution in [1.29, 1.82) is 0 Å². The van der Waals surface area contributed by atoms with E-state index in [1.54, 1.807) is 13.0 Å². The van der Waals surface area contributed by atoms with Gasteiger partial charge in [0, 0.05) is 25.2 Å². The van der Waals surface area contributed by atoms with Crippen LogP contribution in [0.5, 0.6) is 0 Å². The number of hydrogen-bond acceptors (Lipinski definition) is 4. The highest BCUT2D eigenvalue weighted by molar-refractivity contribution is 6.03. The number of aromatic nitrogens is 1. The summed E-state index contributed by atoms with van der Waals surface area (Å²) in [5.74, 6) is -0.749. The third-order valence-corrected chi connectivity index (χ3v) is 7.56. The summed E-state index contributed by atoms with van der Waals surface area (Å²) in [5.41, 5.74) is -3.41. The molecule has 4 rings (SSSR count). The van der Waals surface area contributed by atoms with Crippen LogP contribution in [0.25, 0.3) is 11.1 Å². The Morgan fingerprint density at radius 2 is 1.60 bits per heavy atom. The van der Waals surface area contributed by atoms with E-state index in [0.29, 0.717) is 41.2 Å². The Labute approximate surface area is 239 Å². The molecule has 2 aromatic carbocycles. The van der Waals surface area contributed by atoms with Crippen LogP contribution in [-0.2, 0) is 22.6 Å². The fraction of sp³-hybridized carbons (Fsp3) is 0.400. The molecule has 12 heteroatoms. The van der Waals surface area contributed by atoms with E-state index in [0.717, 1.165) is 24.3 Å². The molecule has 0 radical (unpaired) electrons. The molecule has 1 aliphatic rings.